The lowest BCUT2D eigenvalue weighted by molar-refractivity contribution is 0.131. The van der Waals surface area contributed by atoms with E-state index >= 15 is 0 Å². The number of aryl methyl sites for hydroxylation is 1. The van der Waals surface area contributed by atoms with E-state index in [0.717, 1.165) is 52.8 Å². The molecule has 1 saturated carbocycles. The lowest BCUT2D eigenvalue weighted by Gasteiger charge is -2.29. The predicted octanol–water partition coefficient (Wildman–Crippen LogP) is 3.96. The molecule has 4 heterocycles. The zero-order chi connectivity index (χ0) is 26.3. The summed E-state index contributed by atoms with van der Waals surface area (Å²) in [6.07, 6.45) is 11.2. The Morgan fingerprint density at radius 3 is 2.59 bits per heavy atom. The Balaban J connectivity index is 1.49. The molecule has 4 aromatic rings. The van der Waals surface area contributed by atoms with E-state index in [1.54, 1.807) is 47.9 Å². The second-order valence-electron chi connectivity index (χ2n) is 9.94. The Kier molecular flexibility index (Phi) is 6.07. The fourth-order valence-electron chi connectivity index (χ4n) is 4.66. The molecule has 0 spiro atoms. The third-order valence-corrected chi connectivity index (χ3v) is 6.88. The Morgan fingerprint density at radius 1 is 1.19 bits per heavy atom. The van der Waals surface area contributed by atoms with E-state index in [2.05, 4.69) is 21.3 Å². The van der Waals surface area contributed by atoms with Gasteiger partial charge in [-0.3, -0.25) is 18.9 Å². The summed E-state index contributed by atoms with van der Waals surface area (Å²) >= 11 is 0. The number of carboxylic acid groups (broad SMARTS) is 1. The molecule has 1 amide bonds. The first-order valence-electron chi connectivity index (χ1n) is 12.1. The van der Waals surface area contributed by atoms with Crippen LogP contribution >= 0.6 is 0 Å². The third-order valence-electron chi connectivity index (χ3n) is 6.88. The summed E-state index contributed by atoms with van der Waals surface area (Å²) in [5.74, 6) is 1.09. The Labute approximate surface area is 213 Å². The maximum Gasteiger partial charge on any atom is 0.412 e. The van der Waals surface area contributed by atoms with Gasteiger partial charge in [-0.2, -0.15) is 20.6 Å². The van der Waals surface area contributed by atoms with Gasteiger partial charge in [0, 0.05) is 43.5 Å². The highest BCUT2D eigenvalue weighted by Gasteiger charge is 2.28. The molecule has 0 saturated heterocycles. The average Bonchev–Trinajstić information content (AvgIpc) is 3.62. The van der Waals surface area contributed by atoms with Crippen LogP contribution in [0.4, 0.5) is 10.6 Å². The van der Waals surface area contributed by atoms with Crippen LogP contribution in [0.5, 0.6) is 5.75 Å². The highest BCUT2D eigenvalue weighted by molar-refractivity contribution is 5.95. The highest BCUT2D eigenvalue weighted by atomic mass is 16.5. The summed E-state index contributed by atoms with van der Waals surface area (Å²) in [6.45, 7) is 3.59. The average molecular weight is 504 g/mol. The standard InChI is InChI=1S/C25H29N9O3/c1-25(2,15-26)33-13-16(10-29-33)23-20-12-27-22(32(4)24(35)36)9-21(20)34(30-23)17-5-7-18(8-6-17)37-19-11-28-31(3)14-19/h9-14,17-18H,5-8H2,1-4H3,(H,35,36)/t17-,18+. The molecule has 0 bridgehead atoms. The molecule has 37 heavy (non-hydrogen) atoms. The van der Waals surface area contributed by atoms with Gasteiger partial charge < -0.3 is 9.84 Å². The maximum absolute atomic E-state index is 11.6. The molecule has 5 rings (SSSR count). The molecule has 12 heteroatoms. The first kappa shape index (κ1) is 24.3. The van der Waals surface area contributed by atoms with Gasteiger partial charge in [0.1, 0.15) is 17.1 Å². The van der Waals surface area contributed by atoms with E-state index in [1.807, 2.05) is 24.1 Å². The molecule has 1 aliphatic rings. The van der Waals surface area contributed by atoms with Gasteiger partial charge in [0.2, 0.25) is 0 Å². The molecule has 0 atom stereocenters. The van der Waals surface area contributed by atoms with Crippen molar-refractivity contribution >= 4 is 22.8 Å². The number of rotatable bonds is 6. The lowest BCUT2D eigenvalue weighted by Crippen LogP contribution is -2.26. The molecule has 0 aromatic carbocycles. The topological polar surface area (TPSA) is 140 Å². The van der Waals surface area contributed by atoms with Crippen molar-refractivity contribution in [3.63, 3.8) is 0 Å². The minimum atomic E-state index is -1.09. The Bertz CT molecular complexity index is 1480. The van der Waals surface area contributed by atoms with Crippen molar-refractivity contribution in [2.24, 2.45) is 7.05 Å². The minimum absolute atomic E-state index is 0.101. The molecule has 1 N–H and O–H groups in total. The van der Waals surface area contributed by atoms with Crippen LogP contribution in [0.2, 0.25) is 0 Å². The molecule has 0 aliphatic heterocycles. The van der Waals surface area contributed by atoms with Crippen molar-refractivity contribution in [2.75, 3.05) is 11.9 Å². The van der Waals surface area contributed by atoms with Gasteiger partial charge in [0.15, 0.2) is 5.75 Å². The second kappa shape index (κ2) is 9.24. The first-order valence-corrected chi connectivity index (χ1v) is 12.1. The number of hydrogen-bond acceptors (Lipinski definition) is 7. The normalized spacial score (nSPS) is 18.0. The fourth-order valence-corrected chi connectivity index (χ4v) is 4.66. The van der Waals surface area contributed by atoms with Crippen molar-refractivity contribution in [1.29, 1.82) is 5.26 Å². The number of aromatic nitrogens is 7. The summed E-state index contributed by atoms with van der Waals surface area (Å²) in [5, 5.41) is 33.3. The van der Waals surface area contributed by atoms with Gasteiger partial charge in [-0.25, -0.2) is 9.78 Å². The number of anilines is 1. The van der Waals surface area contributed by atoms with Gasteiger partial charge >= 0.3 is 6.09 Å². The quantitative estimate of drug-likeness (QED) is 0.417. The summed E-state index contributed by atoms with van der Waals surface area (Å²) in [5.41, 5.74) is 1.46. The molecule has 0 unspecified atom stereocenters. The van der Waals surface area contributed by atoms with Crippen molar-refractivity contribution < 1.29 is 14.6 Å². The minimum Gasteiger partial charge on any atom is -0.487 e. The van der Waals surface area contributed by atoms with Crippen molar-refractivity contribution in [1.82, 2.24) is 34.3 Å². The van der Waals surface area contributed by atoms with Crippen LogP contribution in [0.3, 0.4) is 0 Å². The Hall–Kier alpha value is -4.40. The van der Waals surface area contributed by atoms with Crippen molar-refractivity contribution in [2.45, 2.75) is 57.2 Å². The molecular formula is C25H29N9O3. The zero-order valence-electron chi connectivity index (χ0n) is 21.2. The van der Waals surface area contributed by atoms with Gasteiger partial charge in [-0.1, -0.05) is 0 Å². The molecular weight excluding hydrogens is 474 g/mol. The van der Waals surface area contributed by atoms with Crippen LogP contribution in [-0.4, -0.2) is 58.7 Å². The van der Waals surface area contributed by atoms with Crippen LogP contribution < -0.4 is 9.64 Å². The Morgan fingerprint density at radius 2 is 1.95 bits per heavy atom. The van der Waals surface area contributed by atoms with Crippen LogP contribution in [0.1, 0.15) is 45.6 Å². The molecule has 12 nitrogen and oxygen atoms in total. The van der Waals surface area contributed by atoms with Crippen LogP contribution in [0.25, 0.3) is 22.2 Å². The molecule has 192 valence electrons. The SMILES string of the molecule is CN(C(=O)O)c1cc2c(cn1)c(-c1cnn(C(C)(C)C#N)c1)nn2[C@H]1CC[C@@H](Oc2cnn(C)c2)CC1. The summed E-state index contributed by atoms with van der Waals surface area (Å²) in [4.78, 5) is 17.0. The zero-order valence-corrected chi connectivity index (χ0v) is 21.2. The van der Waals surface area contributed by atoms with Crippen LogP contribution in [-0.2, 0) is 12.6 Å². The van der Waals surface area contributed by atoms with E-state index in [4.69, 9.17) is 9.84 Å². The number of carbonyl (C=O) groups is 1. The van der Waals surface area contributed by atoms with Gasteiger partial charge in [0.05, 0.1) is 42.3 Å². The molecule has 1 aliphatic carbocycles. The summed E-state index contributed by atoms with van der Waals surface area (Å²) in [7, 11) is 3.33. The highest BCUT2D eigenvalue weighted by Crippen LogP contribution is 2.37. The van der Waals surface area contributed by atoms with Gasteiger partial charge in [-0.05, 0) is 39.5 Å². The predicted molar refractivity (Wildman–Crippen MR) is 135 cm³/mol. The summed E-state index contributed by atoms with van der Waals surface area (Å²) < 4.78 is 11.4. The molecule has 1 fully saturated rings. The van der Waals surface area contributed by atoms with Crippen molar-refractivity contribution in [3.8, 4) is 23.1 Å². The fraction of sp³-hybridized carbons (Fsp3) is 0.440. The smallest absolute Gasteiger partial charge is 0.412 e. The molecule has 0 radical (unpaired) electrons. The van der Waals surface area contributed by atoms with E-state index < -0.39 is 11.6 Å². The number of fused-ring (bicyclic) bond motifs is 1. The van der Waals surface area contributed by atoms with E-state index in [9.17, 15) is 15.2 Å². The van der Waals surface area contributed by atoms with E-state index in [-0.39, 0.29) is 12.1 Å². The number of nitrogens with zero attached hydrogens (tertiary/aromatic N) is 9. The summed E-state index contributed by atoms with van der Waals surface area (Å²) in [6, 6.07) is 4.13. The van der Waals surface area contributed by atoms with E-state index in [1.165, 1.54) is 7.05 Å². The van der Waals surface area contributed by atoms with Gasteiger partial charge in [0.25, 0.3) is 0 Å². The number of ether oxygens (including phenoxy) is 1. The van der Waals surface area contributed by atoms with Crippen molar-refractivity contribution in [3.05, 3.63) is 37.1 Å². The number of pyridine rings is 1. The third kappa shape index (κ3) is 4.60. The van der Waals surface area contributed by atoms with Gasteiger partial charge in [-0.15, -0.1) is 0 Å². The number of amides is 1. The van der Waals surface area contributed by atoms with Crippen LogP contribution in [0.15, 0.2) is 37.1 Å². The second-order valence-corrected chi connectivity index (χ2v) is 9.94. The number of nitriles is 1. The largest absolute Gasteiger partial charge is 0.487 e. The van der Waals surface area contributed by atoms with Crippen LogP contribution in [0, 0.1) is 11.3 Å². The first-order chi connectivity index (χ1) is 17.7. The van der Waals surface area contributed by atoms with E-state index in [0.29, 0.717) is 11.5 Å². The monoisotopic (exact) mass is 503 g/mol. The maximum atomic E-state index is 11.6. The number of hydrogen-bond donors (Lipinski definition) is 1. The lowest BCUT2D eigenvalue weighted by atomic mass is 9.93. The molecule has 4 aromatic heterocycles.